The Hall–Kier alpha value is -2.73. The molecule has 0 aromatic heterocycles. The fraction of sp³-hybridized carbons (Fsp3) is 0.333. The maximum atomic E-state index is 12.6. The number of hydrogen-bond donors (Lipinski definition) is 2. The average molecular weight is 402 g/mol. The average Bonchev–Trinajstić information content (AvgIpc) is 2.68. The van der Waals surface area contributed by atoms with Crippen molar-refractivity contribution in [2.24, 2.45) is 0 Å². The third kappa shape index (κ3) is 4.75. The smallest absolute Gasteiger partial charge is 0.262 e. The van der Waals surface area contributed by atoms with E-state index in [1.54, 1.807) is 18.2 Å². The number of nitrogens with zero attached hydrogens (tertiary/aromatic N) is 1. The molecule has 148 valence electrons. The summed E-state index contributed by atoms with van der Waals surface area (Å²) in [5, 5.41) is 6.18. The van der Waals surface area contributed by atoms with E-state index in [9.17, 15) is 9.59 Å². The molecule has 2 N–H and O–H groups in total. The first-order valence-electron chi connectivity index (χ1n) is 9.32. The summed E-state index contributed by atoms with van der Waals surface area (Å²) in [7, 11) is 0. The highest BCUT2D eigenvalue weighted by Crippen LogP contribution is 2.33. The highest BCUT2D eigenvalue weighted by molar-refractivity contribution is 6.33. The van der Waals surface area contributed by atoms with Gasteiger partial charge in [0.2, 0.25) is 5.91 Å². The number of carbonyl (C=O) groups excluding carboxylic acids is 2. The standard InChI is InChI=1S/C21H24ClN3O3/c1-3-10-23-21(27)19-12-25(17-6-4-5-7-18(17)28-19)13-20(26)24-16-9-8-14(2)11-15(16)22/h4-9,11,19H,3,10,12-13H2,1-2H3,(H,23,27)(H,24,26)/t19-/m0/s1. The number of halogens is 1. The lowest BCUT2D eigenvalue weighted by Gasteiger charge is -2.35. The maximum absolute atomic E-state index is 12.6. The monoisotopic (exact) mass is 401 g/mol. The van der Waals surface area contributed by atoms with Gasteiger partial charge < -0.3 is 20.3 Å². The van der Waals surface area contributed by atoms with Crippen molar-refractivity contribution >= 4 is 34.8 Å². The zero-order valence-corrected chi connectivity index (χ0v) is 16.8. The largest absolute Gasteiger partial charge is 0.477 e. The van der Waals surface area contributed by atoms with Crippen LogP contribution in [-0.4, -0.2) is 37.6 Å². The van der Waals surface area contributed by atoms with Crippen LogP contribution in [0.1, 0.15) is 18.9 Å². The van der Waals surface area contributed by atoms with Gasteiger partial charge in [0.25, 0.3) is 5.91 Å². The Kier molecular flexibility index (Phi) is 6.41. The molecule has 6 nitrogen and oxygen atoms in total. The van der Waals surface area contributed by atoms with E-state index < -0.39 is 6.10 Å². The SMILES string of the molecule is CCCNC(=O)[C@@H]1CN(CC(=O)Nc2ccc(C)cc2Cl)c2ccccc2O1. The van der Waals surface area contributed by atoms with Crippen LogP contribution in [0.25, 0.3) is 0 Å². The number of para-hydroxylation sites is 2. The minimum Gasteiger partial charge on any atom is -0.477 e. The molecule has 0 saturated carbocycles. The fourth-order valence-corrected chi connectivity index (χ4v) is 3.32. The molecular formula is C21H24ClN3O3. The van der Waals surface area contributed by atoms with E-state index in [2.05, 4.69) is 10.6 Å². The van der Waals surface area contributed by atoms with Crippen LogP contribution in [0, 0.1) is 6.92 Å². The highest BCUT2D eigenvalue weighted by Gasteiger charge is 2.31. The lowest BCUT2D eigenvalue weighted by atomic mass is 10.1. The molecule has 1 heterocycles. The van der Waals surface area contributed by atoms with E-state index in [0.717, 1.165) is 17.7 Å². The molecule has 0 spiro atoms. The second-order valence-corrected chi connectivity index (χ2v) is 7.18. The first kappa shape index (κ1) is 20.0. The number of carbonyl (C=O) groups is 2. The van der Waals surface area contributed by atoms with Gasteiger partial charge >= 0.3 is 0 Å². The number of benzene rings is 2. The Balaban J connectivity index is 1.73. The van der Waals surface area contributed by atoms with Crippen molar-refractivity contribution < 1.29 is 14.3 Å². The van der Waals surface area contributed by atoms with Crippen molar-refractivity contribution in [1.82, 2.24) is 5.32 Å². The molecule has 0 fully saturated rings. The molecule has 0 unspecified atom stereocenters. The summed E-state index contributed by atoms with van der Waals surface area (Å²) in [4.78, 5) is 26.9. The summed E-state index contributed by atoms with van der Waals surface area (Å²) >= 11 is 6.21. The molecule has 2 aromatic carbocycles. The molecule has 1 aliphatic heterocycles. The van der Waals surface area contributed by atoms with Gasteiger partial charge in [-0.15, -0.1) is 0 Å². The first-order valence-corrected chi connectivity index (χ1v) is 9.70. The molecular weight excluding hydrogens is 378 g/mol. The first-order chi connectivity index (χ1) is 13.5. The summed E-state index contributed by atoms with van der Waals surface area (Å²) < 4.78 is 5.85. The van der Waals surface area contributed by atoms with Gasteiger partial charge in [0.15, 0.2) is 6.10 Å². The lowest BCUT2D eigenvalue weighted by molar-refractivity contribution is -0.128. The molecule has 2 aromatic rings. The minimum atomic E-state index is -0.669. The van der Waals surface area contributed by atoms with Crippen LogP contribution in [0.4, 0.5) is 11.4 Å². The fourth-order valence-electron chi connectivity index (χ4n) is 3.04. The predicted octanol–water partition coefficient (Wildman–Crippen LogP) is 3.38. The summed E-state index contributed by atoms with van der Waals surface area (Å²) in [6.45, 7) is 4.90. The van der Waals surface area contributed by atoms with Gasteiger partial charge in [0.05, 0.1) is 29.5 Å². The molecule has 0 aliphatic carbocycles. The van der Waals surface area contributed by atoms with Gasteiger partial charge in [-0.25, -0.2) is 0 Å². The highest BCUT2D eigenvalue weighted by atomic mass is 35.5. The molecule has 28 heavy (non-hydrogen) atoms. The number of rotatable bonds is 6. The molecule has 1 atom stereocenters. The van der Waals surface area contributed by atoms with Crippen LogP contribution in [0.2, 0.25) is 5.02 Å². The Morgan fingerprint density at radius 3 is 2.79 bits per heavy atom. The zero-order chi connectivity index (χ0) is 20.1. The molecule has 0 bridgehead atoms. The van der Waals surface area contributed by atoms with E-state index in [-0.39, 0.29) is 18.4 Å². The van der Waals surface area contributed by atoms with Crippen molar-refractivity contribution in [2.75, 3.05) is 29.9 Å². The Bertz CT molecular complexity index is 872. The number of aryl methyl sites for hydroxylation is 1. The number of anilines is 2. The third-order valence-electron chi connectivity index (χ3n) is 4.44. The molecule has 2 amide bonds. The second-order valence-electron chi connectivity index (χ2n) is 6.78. The van der Waals surface area contributed by atoms with Gasteiger partial charge in [-0.1, -0.05) is 36.7 Å². The number of amides is 2. The van der Waals surface area contributed by atoms with Crippen LogP contribution in [0.5, 0.6) is 5.75 Å². The number of nitrogens with one attached hydrogen (secondary N) is 2. The molecule has 7 heteroatoms. The topological polar surface area (TPSA) is 70.7 Å². The van der Waals surface area contributed by atoms with E-state index in [1.165, 1.54) is 0 Å². The van der Waals surface area contributed by atoms with Crippen LogP contribution in [0.3, 0.4) is 0 Å². The van der Waals surface area contributed by atoms with Crippen molar-refractivity contribution in [3.05, 3.63) is 53.1 Å². The van der Waals surface area contributed by atoms with E-state index >= 15 is 0 Å². The van der Waals surface area contributed by atoms with Gasteiger partial charge in [-0.05, 0) is 43.2 Å². The van der Waals surface area contributed by atoms with Gasteiger partial charge in [0, 0.05) is 6.54 Å². The van der Waals surface area contributed by atoms with Crippen LogP contribution in [-0.2, 0) is 9.59 Å². The predicted molar refractivity (Wildman–Crippen MR) is 111 cm³/mol. The normalized spacial score (nSPS) is 15.4. The van der Waals surface area contributed by atoms with Crippen molar-refractivity contribution in [1.29, 1.82) is 0 Å². The quantitative estimate of drug-likeness (QED) is 0.778. The van der Waals surface area contributed by atoms with E-state index in [4.69, 9.17) is 16.3 Å². The molecule has 3 rings (SSSR count). The van der Waals surface area contributed by atoms with Crippen LogP contribution in [0.15, 0.2) is 42.5 Å². The number of ether oxygens (including phenoxy) is 1. The van der Waals surface area contributed by atoms with Crippen molar-refractivity contribution in [3.8, 4) is 5.75 Å². The van der Waals surface area contributed by atoms with Crippen molar-refractivity contribution in [2.45, 2.75) is 26.4 Å². The van der Waals surface area contributed by atoms with E-state index in [1.807, 2.05) is 43.0 Å². The third-order valence-corrected chi connectivity index (χ3v) is 4.75. The second kappa shape index (κ2) is 8.97. The summed E-state index contributed by atoms with van der Waals surface area (Å²) in [6, 6.07) is 12.9. The van der Waals surface area contributed by atoms with Gasteiger partial charge in [0.1, 0.15) is 5.75 Å². The summed E-state index contributed by atoms with van der Waals surface area (Å²) in [5.41, 5.74) is 2.37. The Morgan fingerprint density at radius 1 is 1.25 bits per heavy atom. The summed E-state index contributed by atoms with van der Waals surface area (Å²) in [5.74, 6) is 0.199. The molecule has 0 saturated heterocycles. The number of hydrogen-bond acceptors (Lipinski definition) is 4. The Morgan fingerprint density at radius 2 is 2.04 bits per heavy atom. The van der Waals surface area contributed by atoms with Gasteiger partial charge in [-0.3, -0.25) is 9.59 Å². The van der Waals surface area contributed by atoms with E-state index in [0.29, 0.717) is 29.5 Å². The van der Waals surface area contributed by atoms with Crippen LogP contribution >= 0.6 is 11.6 Å². The Labute approximate surface area is 169 Å². The summed E-state index contributed by atoms with van der Waals surface area (Å²) in [6.07, 6.45) is 0.176. The van der Waals surface area contributed by atoms with Crippen LogP contribution < -0.4 is 20.3 Å². The molecule has 1 aliphatic rings. The number of fused-ring (bicyclic) bond motifs is 1. The zero-order valence-electron chi connectivity index (χ0n) is 16.0. The molecule has 0 radical (unpaired) electrons. The van der Waals surface area contributed by atoms with Crippen molar-refractivity contribution in [3.63, 3.8) is 0 Å². The lowest BCUT2D eigenvalue weighted by Crippen LogP contribution is -2.50. The minimum absolute atomic E-state index is 0.0855. The van der Waals surface area contributed by atoms with Gasteiger partial charge in [-0.2, -0.15) is 0 Å². The maximum Gasteiger partial charge on any atom is 0.262 e.